The third kappa shape index (κ3) is 8.62. The zero-order valence-electron chi connectivity index (χ0n) is 18.7. The molecule has 6 nitrogen and oxygen atoms in total. The van der Waals surface area contributed by atoms with Crippen molar-refractivity contribution in [3.8, 4) is 0 Å². The molecule has 0 bridgehead atoms. The average Bonchev–Trinajstić information content (AvgIpc) is 3.29. The quantitative estimate of drug-likeness (QED) is 0.330. The first kappa shape index (κ1) is 23.0. The maximum atomic E-state index is 5.84. The fourth-order valence-corrected chi connectivity index (χ4v) is 4.01. The van der Waals surface area contributed by atoms with Gasteiger partial charge in [0.15, 0.2) is 5.96 Å². The zero-order chi connectivity index (χ0) is 20.9. The van der Waals surface area contributed by atoms with Gasteiger partial charge in [0.2, 0.25) is 0 Å². The molecule has 0 spiro atoms. The summed E-state index contributed by atoms with van der Waals surface area (Å²) in [6.07, 6.45) is 5.94. The Balaban J connectivity index is 1.33. The minimum Gasteiger partial charge on any atom is -0.381 e. The SMILES string of the molecule is CCNC(=NCc1ccc(CN2CCCC2)cc1)NCCCOCC1CCOCC1. The Hall–Kier alpha value is -1.63. The summed E-state index contributed by atoms with van der Waals surface area (Å²) in [6, 6.07) is 8.92. The Morgan fingerprint density at radius 3 is 2.57 bits per heavy atom. The Morgan fingerprint density at radius 2 is 1.83 bits per heavy atom. The van der Waals surface area contributed by atoms with Crippen LogP contribution >= 0.6 is 0 Å². The second-order valence-corrected chi connectivity index (χ2v) is 8.41. The third-order valence-corrected chi connectivity index (χ3v) is 5.84. The van der Waals surface area contributed by atoms with Crippen LogP contribution < -0.4 is 10.6 Å². The lowest BCUT2D eigenvalue weighted by atomic mass is 10.0. The van der Waals surface area contributed by atoms with Crippen LogP contribution in [-0.4, -0.2) is 63.5 Å². The molecule has 6 heteroatoms. The Morgan fingerprint density at radius 1 is 1.10 bits per heavy atom. The van der Waals surface area contributed by atoms with Gasteiger partial charge in [-0.15, -0.1) is 0 Å². The van der Waals surface area contributed by atoms with Gasteiger partial charge in [0.1, 0.15) is 0 Å². The van der Waals surface area contributed by atoms with Crippen LogP contribution in [0.1, 0.15) is 50.2 Å². The van der Waals surface area contributed by atoms with Gasteiger partial charge in [0.05, 0.1) is 6.54 Å². The van der Waals surface area contributed by atoms with Crippen molar-refractivity contribution in [3.63, 3.8) is 0 Å². The predicted octanol–water partition coefficient (Wildman–Crippen LogP) is 3.17. The van der Waals surface area contributed by atoms with Gasteiger partial charge in [-0.1, -0.05) is 24.3 Å². The molecule has 0 radical (unpaired) electrons. The number of ether oxygens (including phenoxy) is 2. The van der Waals surface area contributed by atoms with Gasteiger partial charge in [-0.3, -0.25) is 4.90 Å². The highest BCUT2D eigenvalue weighted by Crippen LogP contribution is 2.15. The molecular formula is C24H40N4O2. The number of rotatable bonds is 11. The lowest BCUT2D eigenvalue weighted by molar-refractivity contribution is 0.0203. The van der Waals surface area contributed by atoms with Gasteiger partial charge in [0, 0.05) is 46.1 Å². The van der Waals surface area contributed by atoms with Gasteiger partial charge in [-0.25, -0.2) is 4.99 Å². The summed E-state index contributed by atoms with van der Waals surface area (Å²) in [7, 11) is 0. The number of hydrogen-bond donors (Lipinski definition) is 2. The van der Waals surface area contributed by atoms with Crippen LogP contribution in [0, 0.1) is 5.92 Å². The molecule has 2 heterocycles. The van der Waals surface area contributed by atoms with Crippen LogP contribution in [0.25, 0.3) is 0 Å². The van der Waals surface area contributed by atoms with Crippen molar-refractivity contribution < 1.29 is 9.47 Å². The van der Waals surface area contributed by atoms with Crippen molar-refractivity contribution in [2.24, 2.45) is 10.9 Å². The lowest BCUT2D eigenvalue weighted by Gasteiger charge is -2.21. The third-order valence-electron chi connectivity index (χ3n) is 5.84. The largest absolute Gasteiger partial charge is 0.381 e. The number of benzene rings is 1. The fourth-order valence-electron chi connectivity index (χ4n) is 4.01. The molecule has 2 saturated heterocycles. The maximum absolute atomic E-state index is 5.84. The first-order chi connectivity index (χ1) is 14.8. The Labute approximate surface area is 182 Å². The topological polar surface area (TPSA) is 58.1 Å². The van der Waals surface area contributed by atoms with Crippen LogP contribution in [0.5, 0.6) is 0 Å². The van der Waals surface area contributed by atoms with Gasteiger partial charge in [-0.2, -0.15) is 0 Å². The van der Waals surface area contributed by atoms with Crippen molar-refractivity contribution in [1.29, 1.82) is 0 Å². The van der Waals surface area contributed by atoms with E-state index < -0.39 is 0 Å². The molecule has 0 aliphatic carbocycles. The van der Waals surface area contributed by atoms with E-state index in [1.54, 1.807) is 0 Å². The smallest absolute Gasteiger partial charge is 0.191 e. The van der Waals surface area contributed by atoms with E-state index in [1.807, 2.05) is 0 Å². The molecule has 2 fully saturated rings. The number of nitrogens with zero attached hydrogens (tertiary/aromatic N) is 2. The number of aliphatic imine (C=N–C) groups is 1. The molecule has 0 saturated carbocycles. The second kappa shape index (κ2) is 13.6. The standard InChI is InChI=1S/C24H40N4O2/c1-2-25-24(26-12-5-15-30-20-23-10-16-29-17-11-23)27-18-21-6-8-22(9-7-21)19-28-13-3-4-14-28/h6-9,23H,2-5,10-20H2,1H3,(H2,25,26,27). The van der Waals surface area contributed by atoms with E-state index in [0.717, 1.165) is 71.3 Å². The van der Waals surface area contributed by atoms with Crippen LogP contribution in [0.15, 0.2) is 29.3 Å². The number of guanidine groups is 1. The average molecular weight is 417 g/mol. The van der Waals surface area contributed by atoms with E-state index in [-0.39, 0.29) is 0 Å². The van der Waals surface area contributed by atoms with Crippen LogP contribution in [-0.2, 0) is 22.6 Å². The molecule has 1 aromatic carbocycles. The summed E-state index contributed by atoms with van der Waals surface area (Å²) in [4.78, 5) is 7.27. The second-order valence-electron chi connectivity index (χ2n) is 8.41. The van der Waals surface area contributed by atoms with Crippen molar-refractivity contribution in [1.82, 2.24) is 15.5 Å². The molecule has 0 atom stereocenters. The number of nitrogens with one attached hydrogen (secondary N) is 2. The van der Waals surface area contributed by atoms with Crippen LogP contribution in [0.4, 0.5) is 0 Å². The summed E-state index contributed by atoms with van der Waals surface area (Å²) >= 11 is 0. The van der Waals surface area contributed by atoms with Crippen molar-refractivity contribution in [2.75, 3.05) is 52.6 Å². The van der Waals surface area contributed by atoms with E-state index in [2.05, 4.69) is 46.7 Å². The molecular weight excluding hydrogens is 376 g/mol. The van der Waals surface area contributed by atoms with Gasteiger partial charge < -0.3 is 20.1 Å². The summed E-state index contributed by atoms with van der Waals surface area (Å²) in [5.41, 5.74) is 2.65. The lowest BCUT2D eigenvalue weighted by Crippen LogP contribution is -2.38. The predicted molar refractivity (Wildman–Crippen MR) is 123 cm³/mol. The zero-order valence-corrected chi connectivity index (χ0v) is 18.7. The fraction of sp³-hybridized carbons (Fsp3) is 0.708. The van der Waals surface area contributed by atoms with Crippen molar-refractivity contribution in [2.45, 2.75) is 52.1 Å². The number of hydrogen-bond acceptors (Lipinski definition) is 4. The van der Waals surface area contributed by atoms with Gasteiger partial charge in [0.25, 0.3) is 0 Å². The molecule has 2 aliphatic heterocycles. The molecule has 0 aromatic heterocycles. The van der Waals surface area contributed by atoms with Crippen LogP contribution in [0.2, 0.25) is 0 Å². The van der Waals surface area contributed by atoms with E-state index in [9.17, 15) is 0 Å². The summed E-state index contributed by atoms with van der Waals surface area (Å²) in [5, 5.41) is 6.75. The number of likely N-dealkylation sites (tertiary alicyclic amines) is 1. The normalized spacial score (nSPS) is 18.6. The minimum absolute atomic E-state index is 0.673. The minimum atomic E-state index is 0.673. The van der Waals surface area contributed by atoms with Crippen molar-refractivity contribution >= 4 is 5.96 Å². The molecule has 2 N–H and O–H groups in total. The van der Waals surface area contributed by atoms with Gasteiger partial charge in [-0.05, 0) is 69.2 Å². The Bertz CT molecular complexity index is 608. The van der Waals surface area contributed by atoms with Crippen molar-refractivity contribution in [3.05, 3.63) is 35.4 Å². The molecule has 168 valence electrons. The van der Waals surface area contributed by atoms with E-state index in [4.69, 9.17) is 14.5 Å². The molecule has 1 aromatic rings. The highest BCUT2D eigenvalue weighted by atomic mass is 16.5. The van der Waals surface area contributed by atoms with E-state index in [0.29, 0.717) is 12.5 Å². The Kier molecular flexibility index (Phi) is 10.5. The summed E-state index contributed by atoms with van der Waals surface area (Å²) < 4.78 is 11.2. The highest BCUT2D eigenvalue weighted by molar-refractivity contribution is 5.79. The molecule has 0 unspecified atom stereocenters. The molecule has 30 heavy (non-hydrogen) atoms. The highest BCUT2D eigenvalue weighted by Gasteiger charge is 2.13. The first-order valence-corrected chi connectivity index (χ1v) is 11.8. The van der Waals surface area contributed by atoms with Crippen LogP contribution in [0.3, 0.4) is 0 Å². The van der Waals surface area contributed by atoms with Gasteiger partial charge >= 0.3 is 0 Å². The summed E-state index contributed by atoms with van der Waals surface area (Å²) in [6.45, 7) is 11.5. The first-order valence-electron chi connectivity index (χ1n) is 11.8. The molecule has 0 amide bonds. The maximum Gasteiger partial charge on any atom is 0.191 e. The van der Waals surface area contributed by atoms with E-state index in [1.165, 1.54) is 37.1 Å². The van der Waals surface area contributed by atoms with E-state index >= 15 is 0 Å². The summed E-state index contributed by atoms with van der Waals surface area (Å²) in [5.74, 6) is 1.55. The monoisotopic (exact) mass is 416 g/mol. The molecule has 2 aliphatic rings. The molecule has 3 rings (SSSR count).